The number of hydrogen-bond acceptors (Lipinski definition) is 1. The Morgan fingerprint density at radius 2 is 1.82 bits per heavy atom. The summed E-state index contributed by atoms with van der Waals surface area (Å²) in [6, 6.07) is 19.9. The Hall–Kier alpha value is -3.00. The number of hydrogen-bond donors (Lipinski definition) is 0. The average molecular weight is 368 g/mol. The summed E-state index contributed by atoms with van der Waals surface area (Å²) in [7, 11) is 2.13. The van der Waals surface area contributed by atoms with Crippen molar-refractivity contribution in [2.24, 2.45) is 13.0 Å². The van der Waals surface area contributed by atoms with Crippen molar-refractivity contribution in [3.05, 3.63) is 84.3 Å². The van der Waals surface area contributed by atoms with Crippen LogP contribution in [0, 0.1) is 12.8 Å². The molecule has 0 fully saturated rings. The lowest BCUT2D eigenvalue weighted by Crippen LogP contribution is -2.30. The van der Waals surface area contributed by atoms with Crippen molar-refractivity contribution in [1.82, 2.24) is 4.98 Å². The average Bonchev–Trinajstić information content (AvgIpc) is 2.69. The minimum absolute atomic E-state index is 0.662. The fourth-order valence-electron chi connectivity index (χ4n) is 3.95. The molecule has 4 rings (SSSR count). The molecule has 2 nitrogen and oxygen atoms in total. The van der Waals surface area contributed by atoms with Crippen LogP contribution in [-0.2, 0) is 13.5 Å². The SMILES string of the molecule is Cc1ccc(-c2cccnc2)cc1-c1c2ccc(CC(C)C)cc2cc[n+]1C. The first-order valence-electron chi connectivity index (χ1n) is 9.95. The van der Waals surface area contributed by atoms with E-state index in [2.05, 4.69) is 92.1 Å². The Morgan fingerprint density at radius 3 is 2.57 bits per heavy atom. The molecule has 0 aliphatic carbocycles. The second kappa shape index (κ2) is 7.55. The van der Waals surface area contributed by atoms with Gasteiger partial charge in [-0.3, -0.25) is 4.98 Å². The highest BCUT2D eigenvalue weighted by molar-refractivity contribution is 5.94. The fraction of sp³-hybridized carbons (Fsp3) is 0.231. The highest BCUT2D eigenvalue weighted by Gasteiger charge is 2.18. The van der Waals surface area contributed by atoms with E-state index in [1.165, 1.54) is 38.7 Å². The van der Waals surface area contributed by atoms with Crippen LogP contribution >= 0.6 is 0 Å². The minimum Gasteiger partial charge on any atom is -0.264 e. The summed E-state index contributed by atoms with van der Waals surface area (Å²) in [5.41, 5.74) is 7.56. The second-order valence-electron chi connectivity index (χ2n) is 8.07. The Morgan fingerprint density at radius 1 is 0.964 bits per heavy atom. The van der Waals surface area contributed by atoms with Gasteiger partial charge in [0, 0.05) is 24.0 Å². The molecule has 140 valence electrons. The maximum Gasteiger partial charge on any atom is 0.220 e. The van der Waals surface area contributed by atoms with Crippen LogP contribution in [-0.4, -0.2) is 4.98 Å². The van der Waals surface area contributed by atoms with Crippen LogP contribution in [0.15, 0.2) is 73.2 Å². The van der Waals surface area contributed by atoms with Gasteiger partial charge in [-0.15, -0.1) is 0 Å². The molecule has 0 N–H and O–H groups in total. The highest BCUT2D eigenvalue weighted by Crippen LogP contribution is 2.32. The third kappa shape index (κ3) is 3.55. The van der Waals surface area contributed by atoms with Gasteiger partial charge in [0.1, 0.15) is 7.05 Å². The molecule has 0 atom stereocenters. The van der Waals surface area contributed by atoms with Gasteiger partial charge in [-0.25, -0.2) is 4.57 Å². The number of fused-ring (bicyclic) bond motifs is 1. The first kappa shape index (κ1) is 18.4. The van der Waals surface area contributed by atoms with E-state index < -0.39 is 0 Å². The molecule has 0 unspecified atom stereocenters. The number of pyridine rings is 2. The summed E-state index contributed by atoms with van der Waals surface area (Å²) >= 11 is 0. The van der Waals surface area contributed by atoms with Crippen LogP contribution in [0.3, 0.4) is 0 Å². The van der Waals surface area contributed by atoms with Crippen molar-refractivity contribution in [2.75, 3.05) is 0 Å². The Bertz CT molecular complexity index is 1130. The fourth-order valence-corrected chi connectivity index (χ4v) is 3.95. The molecule has 0 spiro atoms. The van der Waals surface area contributed by atoms with Gasteiger partial charge in [-0.05, 0) is 59.5 Å². The molecular formula is C26H27N2+. The summed E-state index contributed by atoms with van der Waals surface area (Å²) in [5.74, 6) is 0.662. The molecule has 2 heteroatoms. The maximum absolute atomic E-state index is 4.28. The van der Waals surface area contributed by atoms with Crippen molar-refractivity contribution < 1.29 is 4.57 Å². The van der Waals surface area contributed by atoms with Crippen LogP contribution in [0.2, 0.25) is 0 Å². The number of nitrogens with zero attached hydrogens (tertiary/aromatic N) is 2. The molecule has 2 heterocycles. The third-order valence-electron chi connectivity index (χ3n) is 5.33. The molecule has 2 aromatic carbocycles. The third-order valence-corrected chi connectivity index (χ3v) is 5.33. The molecule has 0 aliphatic rings. The Balaban J connectivity index is 1.90. The van der Waals surface area contributed by atoms with Gasteiger partial charge >= 0.3 is 0 Å². The van der Waals surface area contributed by atoms with Crippen molar-refractivity contribution in [3.8, 4) is 22.4 Å². The van der Waals surface area contributed by atoms with Crippen molar-refractivity contribution in [1.29, 1.82) is 0 Å². The van der Waals surface area contributed by atoms with E-state index >= 15 is 0 Å². The minimum atomic E-state index is 0.662. The van der Waals surface area contributed by atoms with Gasteiger partial charge in [0.25, 0.3) is 0 Å². The summed E-state index contributed by atoms with van der Waals surface area (Å²) < 4.78 is 2.24. The molecule has 0 amide bonds. The van der Waals surface area contributed by atoms with Gasteiger partial charge in [-0.1, -0.05) is 44.2 Å². The van der Waals surface area contributed by atoms with Gasteiger partial charge in [0.05, 0.1) is 10.9 Å². The van der Waals surface area contributed by atoms with Gasteiger partial charge in [-0.2, -0.15) is 0 Å². The largest absolute Gasteiger partial charge is 0.264 e. The van der Waals surface area contributed by atoms with Crippen molar-refractivity contribution in [3.63, 3.8) is 0 Å². The first-order chi connectivity index (χ1) is 13.5. The Labute approximate surface area is 167 Å². The predicted molar refractivity (Wildman–Crippen MR) is 117 cm³/mol. The molecule has 0 saturated heterocycles. The van der Waals surface area contributed by atoms with Crippen LogP contribution in [0.4, 0.5) is 0 Å². The van der Waals surface area contributed by atoms with Gasteiger partial charge in [0.15, 0.2) is 6.20 Å². The van der Waals surface area contributed by atoms with Crippen LogP contribution < -0.4 is 4.57 Å². The monoisotopic (exact) mass is 367 g/mol. The molecule has 0 bridgehead atoms. The highest BCUT2D eigenvalue weighted by atomic mass is 14.9. The zero-order valence-electron chi connectivity index (χ0n) is 17.1. The van der Waals surface area contributed by atoms with Crippen LogP contribution in [0.5, 0.6) is 0 Å². The summed E-state index contributed by atoms with van der Waals surface area (Å²) in [6.07, 6.45) is 7.03. The van der Waals surface area contributed by atoms with Crippen molar-refractivity contribution >= 4 is 10.8 Å². The number of rotatable bonds is 4. The van der Waals surface area contributed by atoms with Crippen LogP contribution in [0.1, 0.15) is 25.0 Å². The molecule has 0 aliphatic heterocycles. The van der Waals surface area contributed by atoms with E-state index in [0.717, 1.165) is 12.0 Å². The van der Waals surface area contributed by atoms with Gasteiger partial charge < -0.3 is 0 Å². The topological polar surface area (TPSA) is 16.8 Å². The molecule has 28 heavy (non-hydrogen) atoms. The smallest absolute Gasteiger partial charge is 0.220 e. The van der Waals surface area contributed by atoms with E-state index in [1.54, 1.807) is 0 Å². The van der Waals surface area contributed by atoms with E-state index in [4.69, 9.17) is 0 Å². The Kier molecular flexibility index (Phi) is 4.95. The lowest BCUT2D eigenvalue weighted by atomic mass is 9.94. The molecule has 2 aromatic heterocycles. The van der Waals surface area contributed by atoms with Gasteiger partial charge in [0.2, 0.25) is 5.69 Å². The number of aryl methyl sites for hydroxylation is 2. The van der Waals surface area contributed by atoms with E-state index in [-0.39, 0.29) is 0 Å². The molecular weight excluding hydrogens is 340 g/mol. The number of benzene rings is 2. The zero-order valence-corrected chi connectivity index (χ0v) is 17.1. The molecule has 4 aromatic rings. The van der Waals surface area contributed by atoms with E-state index in [9.17, 15) is 0 Å². The summed E-state index contributed by atoms with van der Waals surface area (Å²) in [4.78, 5) is 4.28. The van der Waals surface area contributed by atoms with Crippen molar-refractivity contribution in [2.45, 2.75) is 27.2 Å². The number of aromatic nitrogens is 2. The lowest BCUT2D eigenvalue weighted by Gasteiger charge is -2.12. The molecule has 0 saturated carbocycles. The second-order valence-corrected chi connectivity index (χ2v) is 8.07. The lowest BCUT2D eigenvalue weighted by molar-refractivity contribution is -0.659. The van der Waals surface area contributed by atoms with E-state index in [0.29, 0.717) is 5.92 Å². The molecule has 0 radical (unpaired) electrons. The first-order valence-corrected chi connectivity index (χ1v) is 9.95. The zero-order chi connectivity index (χ0) is 19.7. The summed E-state index contributed by atoms with van der Waals surface area (Å²) in [6.45, 7) is 6.73. The van der Waals surface area contributed by atoms with Crippen LogP contribution in [0.25, 0.3) is 33.2 Å². The maximum atomic E-state index is 4.28. The van der Waals surface area contributed by atoms with E-state index in [1.807, 2.05) is 18.5 Å². The standard InChI is InChI=1S/C26H27N2/c1-18(2)14-20-8-10-24-22(15-20)11-13-28(4)26(24)25-16-21(9-7-19(25)3)23-6-5-12-27-17-23/h5-13,15-18H,14H2,1-4H3/q+1. The quantitative estimate of drug-likeness (QED) is 0.410. The normalized spacial score (nSPS) is 11.3. The summed E-state index contributed by atoms with van der Waals surface area (Å²) in [5, 5.41) is 2.60. The predicted octanol–water partition coefficient (Wildman–Crippen LogP) is 5.90.